The number of nitrogens with two attached hydrogens (primary N) is 1. The van der Waals surface area contributed by atoms with Crippen molar-refractivity contribution in [3.63, 3.8) is 0 Å². The maximum atomic E-state index is 5.88. The van der Waals surface area contributed by atoms with E-state index in [1.54, 1.807) is 0 Å². The average Bonchev–Trinajstić information content (AvgIpc) is 2.33. The predicted octanol–water partition coefficient (Wildman–Crippen LogP) is 4.48. The second-order valence-corrected chi connectivity index (χ2v) is 5.19. The molecular weight excluding hydrogens is 304 g/mol. The van der Waals surface area contributed by atoms with E-state index in [4.69, 9.17) is 10.5 Å². The first-order chi connectivity index (χ1) is 9.08. The Hall–Kier alpha value is -1.68. The van der Waals surface area contributed by atoms with Gasteiger partial charge in [-0.05, 0) is 53.5 Å². The summed E-state index contributed by atoms with van der Waals surface area (Å²) in [6.07, 6.45) is 0. The number of aryl methyl sites for hydroxylation is 1. The normalized spacial score (nSPS) is 10.3. The zero-order chi connectivity index (χ0) is 13.8. The van der Waals surface area contributed by atoms with E-state index in [2.05, 4.69) is 40.3 Å². The van der Waals surface area contributed by atoms with E-state index in [9.17, 15) is 0 Å². The van der Waals surface area contributed by atoms with Gasteiger partial charge in [-0.25, -0.2) is 0 Å². The van der Waals surface area contributed by atoms with Crippen LogP contribution >= 0.6 is 15.9 Å². The molecule has 19 heavy (non-hydrogen) atoms. The Morgan fingerprint density at radius 1 is 1.21 bits per heavy atom. The van der Waals surface area contributed by atoms with Crippen molar-refractivity contribution in [2.45, 2.75) is 13.8 Å². The third-order valence-electron chi connectivity index (χ3n) is 2.64. The number of halogens is 1. The summed E-state index contributed by atoms with van der Waals surface area (Å²) < 4.78 is 6.50. The van der Waals surface area contributed by atoms with Gasteiger partial charge in [-0.15, -0.1) is 0 Å². The quantitative estimate of drug-likeness (QED) is 0.816. The van der Waals surface area contributed by atoms with Gasteiger partial charge in [0.15, 0.2) is 0 Å². The molecule has 2 aromatic carbocycles. The topological polar surface area (TPSA) is 47.3 Å². The first-order valence-electron chi connectivity index (χ1n) is 6.15. The molecule has 0 radical (unpaired) electrons. The number of anilines is 3. The van der Waals surface area contributed by atoms with E-state index in [-0.39, 0.29) is 0 Å². The number of nitrogens with one attached hydrogen (secondary N) is 1. The molecule has 0 heterocycles. The smallest absolute Gasteiger partial charge is 0.123 e. The van der Waals surface area contributed by atoms with E-state index >= 15 is 0 Å². The van der Waals surface area contributed by atoms with Gasteiger partial charge in [0.1, 0.15) is 5.75 Å². The van der Waals surface area contributed by atoms with Gasteiger partial charge in [0.25, 0.3) is 0 Å². The molecule has 0 saturated heterocycles. The lowest BCUT2D eigenvalue weighted by Gasteiger charge is -2.12. The summed E-state index contributed by atoms with van der Waals surface area (Å²) in [6, 6.07) is 11.8. The Morgan fingerprint density at radius 2 is 2.00 bits per heavy atom. The van der Waals surface area contributed by atoms with Crippen molar-refractivity contribution in [1.29, 1.82) is 0 Å². The van der Waals surface area contributed by atoms with Gasteiger partial charge in [-0.3, -0.25) is 0 Å². The molecule has 100 valence electrons. The van der Waals surface area contributed by atoms with Gasteiger partial charge < -0.3 is 15.8 Å². The summed E-state index contributed by atoms with van der Waals surface area (Å²) in [6.45, 7) is 4.63. The van der Waals surface area contributed by atoms with E-state index in [0.717, 1.165) is 21.6 Å². The highest BCUT2D eigenvalue weighted by atomic mass is 79.9. The molecule has 3 N–H and O–H groups in total. The zero-order valence-electron chi connectivity index (χ0n) is 11.0. The molecule has 3 nitrogen and oxygen atoms in total. The largest absolute Gasteiger partial charge is 0.494 e. The maximum Gasteiger partial charge on any atom is 0.123 e. The van der Waals surface area contributed by atoms with Gasteiger partial charge in [-0.1, -0.05) is 6.07 Å². The second-order valence-electron chi connectivity index (χ2n) is 4.33. The van der Waals surface area contributed by atoms with Gasteiger partial charge in [0.2, 0.25) is 0 Å². The predicted molar refractivity (Wildman–Crippen MR) is 84.2 cm³/mol. The molecule has 0 fully saturated rings. The highest BCUT2D eigenvalue weighted by Crippen LogP contribution is 2.30. The van der Waals surface area contributed by atoms with Crippen molar-refractivity contribution >= 4 is 33.0 Å². The minimum absolute atomic E-state index is 0.622. The number of ether oxygens (including phenoxy) is 1. The number of rotatable bonds is 4. The highest BCUT2D eigenvalue weighted by molar-refractivity contribution is 9.10. The van der Waals surface area contributed by atoms with Crippen LogP contribution in [0.3, 0.4) is 0 Å². The molecule has 2 aromatic rings. The number of hydrogen-bond donors (Lipinski definition) is 2. The van der Waals surface area contributed by atoms with Crippen LogP contribution in [-0.2, 0) is 0 Å². The molecule has 0 aliphatic carbocycles. The first-order valence-corrected chi connectivity index (χ1v) is 6.94. The van der Waals surface area contributed by atoms with E-state index in [1.165, 1.54) is 5.56 Å². The molecule has 2 rings (SSSR count). The third-order valence-corrected chi connectivity index (χ3v) is 3.33. The summed E-state index contributed by atoms with van der Waals surface area (Å²) in [5.74, 6) is 0.772. The molecule has 0 spiro atoms. The lowest BCUT2D eigenvalue weighted by atomic mass is 10.2. The second kappa shape index (κ2) is 5.97. The van der Waals surface area contributed by atoms with Crippen LogP contribution in [0.1, 0.15) is 12.5 Å². The van der Waals surface area contributed by atoms with Gasteiger partial charge in [-0.2, -0.15) is 0 Å². The molecule has 4 heteroatoms. The van der Waals surface area contributed by atoms with Crippen molar-refractivity contribution in [3.8, 4) is 5.75 Å². The van der Waals surface area contributed by atoms with E-state index in [0.29, 0.717) is 12.3 Å². The molecular formula is C15H17BrN2O. The van der Waals surface area contributed by atoms with E-state index in [1.807, 2.05) is 31.2 Å². The zero-order valence-corrected chi connectivity index (χ0v) is 12.6. The Bertz CT molecular complexity index is 584. The average molecular weight is 321 g/mol. The molecule has 0 amide bonds. The Morgan fingerprint density at radius 3 is 2.74 bits per heavy atom. The molecule has 0 aliphatic rings. The summed E-state index contributed by atoms with van der Waals surface area (Å²) in [5.41, 5.74) is 9.67. The molecule has 0 unspecified atom stereocenters. The van der Waals surface area contributed by atoms with Crippen LogP contribution in [0.5, 0.6) is 5.75 Å². The van der Waals surface area contributed by atoms with E-state index < -0.39 is 0 Å². The third kappa shape index (κ3) is 3.64. The van der Waals surface area contributed by atoms with Crippen LogP contribution < -0.4 is 15.8 Å². The van der Waals surface area contributed by atoms with Crippen LogP contribution in [0.25, 0.3) is 0 Å². The molecule has 0 saturated carbocycles. The van der Waals surface area contributed by atoms with Crippen LogP contribution in [0, 0.1) is 6.92 Å². The summed E-state index contributed by atoms with van der Waals surface area (Å²) in [4.78, 5) is 0. The lowest BCUT2D eigenvalue weighted by Crippen LogP contribution is -1.97. The summed E-state index contributed by atoms with van der Waals surface area (Å²) in [5, 5.41) is 3.35. The van der Waals surface area contributed by atoms with Crippen LogP contribution in [-0.4, -0.2) is 6.61 Å². The summed E-state index contributed by atoms with van der Waals surface area (Å²) in [7, 11) is 0. The van der Waals surface area contributed by atoms with Crippen molar-refractivity contribution in [2.75, 3.05) is 17.7 Å². The minimum atomic E-state index is 0.622. The van der Waals surface area contributed by atoms with Gasteiger partial charge in [0, 0.05) is 28.0 Å². The molecule has 0 atom stereocenters. The van der Waals surface area contributed by atoms with Crippen molar-refractivity contribution in [1.82, 2.24) is 0 Å². The number of benzene rings is 2. The Labute approximate surface area is 121 Å². The Kier molecular flexibility index (Phi) is 4.32. The lowest BCUT2D eigenvalue weighted by molar-refractivity contribution is 0.340. The summed E-state index contributed by atoms with van der Waals surface area (Å²) >= 11 is 3.53. The fourth-order valence-corrected chi connectivity index (χ4v) is 2.18. The number of nitrogen functional groups attached to an aromatic ring is 1. The molecule has 0 aliphatic heterocycles. The van der Waals surface area contributed by atoms with Crippen LogP contribution in [0.15, 0.2) is 40.9 Å². The van der Waals surface area contributed by atoms with Gasteiger partial charge in [0.05, 0.1) is 12.3 Å². The standard InChI is InChI=1S/C15H17BrN2O/c1-3-19-13-8-11(17)7-12(9-13)18-15-6-10(2)4-5-14(15)16/h4-9,18H,3,17H2,1-2H3. The monoisotopic (exact) mass is 320 g/mol. The minimum Gasteiger partial charge on any atom is -0.494 e. The fourth-order valence-electron chi connectivity index (χ4n) is 1.83. The van der Waals surface area contributed by atoms with Crippen molar-refractivity contribution in [2.24, 2.45) is 0 Å². The molecule has 0 aromatic heterocycles. The maximum absolute atomic E-state index is 5.88. The first kappa shape index (κ1) is 13.7. The van der Waals surface area contributed by atoms with Crippen LogP contribution in [0.2, 0.25) is 0 Å². The SMILES string of the molecule is CCOc1cc(N)cc(Nc2cc(C)ccc2Br)c1. The highest BCUT2D eigenvalue weighted by Gasteiger charge is 2.04. The number of hydrogen-bond acceptors (Lipinski definition) is 3. The molecule has 0 bridgehead atoms. The van der Waals surface area contributed by atoms with Crippen molar-refractivity contribution in [3.05, 3.63) is 46.4 Å². The van der Waals surface area contributed by atoms with Crippen LogP contribution in [0.4, 0.5) is 17.1 Å². The fraction of sp³-hybridized carbons (Fsp3) is 0.200. The van der Waals surface area contributed by atoms with Crippen molar-refractivity contribution < 1.29 is 4.74 Å². The Balaban J connectivity index is 2.29. The van der Waals surface area contributed by atoms with Gasteiger partial charge >= 0.3 is 0 Å².